The van der Waals surface area contributed by atoms with Crippen molar-refractivity contribution in [2.24, 2.45) is 0 Å². The van der Waals surface area contributed by atoms with Crippen LogP contribution in [0.15, 0.2) is 30.6 Å². The summed E-state index contributed by atoms with van der Waals surface area (Å²) in [6.45, 7) is 0.412. The molecule has 0 aliphatic carbocycles. The quantitative estimate of drug-likeness (QED) is 0.904. The van der Waals surface area contributed by atoms with E-state index in [0.29, 0.717) is 16.6 Å². The van der Waals surface area contributed by atoms with Gasteiger partial charge in [0.15, 0.2) is 0 Å². The molecule has 110 valence electrons. The molecule has 2 heterocycles. The SMILES string of the molecule is CN(Cc1ccc(Cl)s1)C(=O)Nc1cncc(C(=O)O)c1. The summed E-state index contributed by atoms with van der Waals surface area (Å²) in [6.07, 6.45) is 2.61. The summed E-state index contributed by atoms with van der Waals surface area (Å²) < 4.78 is 0.664. The number of aromatic nitrogens is 1. The van der Waals surface area contributed by atoms with Crippen molar-refractivity contribution < 1.29 is 14.7 Å². The highest BCUT2D eigenvalue weighted by Crippen LogP contribution is 2.22. The maximum Gasteiger partial charge on any atom is 0.337 e. The van der Waals surface area contributed by atoms with Crippen LogP contribution in [0.2, 0.25) is 4.34 Å². The summed E-state index contributed by atoms with van der Waals surface area (Å²) in [5.41, 5.74) is 0.344. The molecule has 2 aromatic rings. The summed E-state index contributed by atoms with van der Waals surface area (Å²) in [6, 6.07) is 4.61. The van der Waals surface area contributed by atoms with Crippen LogP contribution >= 0.6 is 22.9 Å². The van der Waals surface area contributed by atoms with Crippen LogP contribution in [-0.4, -0.2) is 34.0 Å². The minimum absolute atomic E-state index is 0.0143. The highest BCUT2D eigenvalue weighted by atomic mass is 35.5. The molecule has 0 aromatic carbocycles. The zero-order chi connectivity index (χ0) is 15.4. The van der Waals surface area contributed by atoms with Gasteiger partial charge in [-0.05, 0) is 18.2 Å². The number of nitrogens with zero attached hydrogens (tertiary/aromatic N) is 2. The van der Waals surface area contributed by atoms with Gasteiger partial charge < -0.3 is 15.3 Å². The van der Waals surface area contributed by atoms with Gasteiger partial charge in [0.2, 0.25) is 0 Å². The zero-order valence-electron chi connectivity index (χ0n) is 11.0. The van der Waals surface area contributed by atoms with Gasteiger partial charge in [-0.3, -0.25) is 4.98 Å². The third-order valence-corrected chi connectivity index (χ3v) is 3.82. The van der Waals surface area contributed by atoms with Gasteiger partial charge >= 0.3 is 12.0 Å². The Labute approximate surface area is 130 Å². The molecule has 0 fully saturated rings. The summed E-state index contributed by atoms with van der Waals surface area (Å²) in [7, 11) is 1.64. The van der Waals surface area contributed by atoms with Crippen molar-refractivity contribution in [3.63, 3.8) is 0 Å². The number of carboxylic acids is 1. The van der Waals surface area contributed by atoms with Crippen LogP contribution in [0.25, 0.3) is 0 Å². The van der Waals surface area contributed by atoms with Crippen LogP contribution in [0.3, 0.4) is 0 Å². The number of hydrogen-bond donors (Lipinski definition) is 2. The molecule has 2 aromatic heterocycles. The van der Waals surface area contributed by atoms with Crippen LogP contribution in [0.1, 0.15) is 15.2 Å². The third-order valence-electron chi connectivity index (χ3n) is 2.61. The van der Waals surface area contributed by atoms with Crippen LogP contribution in [0.5, 0.6) is 0 Å². The van der Waals surface area contributed by atoms with Gasteiger partial charge in [0.05, 0.1) is 28.3 Å². The number of nitrogens with one attached hydrogen (secondary N) is 1. The molecule has 0 saturated heterocycles. The second-order valence-electron chi connectivity index (χ2n) is 4.26. The topological polar surface area (TPSA) is 82.5 Å². The molecule has 0 radical (unpaired) electrons. The molecule has 0 aliphatic rings. The first-order valence-electron chi connectivity index (χ1n) is 5.90. The van der Waals surface area contributed by atoms with Crippen LogP contribution in [-0.2, 0) is 6.54 Å². The number of rotatable bonds is 4. The Balaban J connectivity index is 2.00. The Kier molecular flexibility index (Phi) is 4.77. The number of halogens is 1. The monoisotopic (exact) mass is 325 g/mol. The number of anilines is 1. The van der Waals surface area contributed by atoms with E-state index >= 15 is 0 Å². The standard InChI is InChI=1S/C13H12ClN3O3S/c1-17(7-10-2-3-11(14)21-10)13(20)16-9-4-8(12(18)19)5-15-6-9/h2-6H,7H2,1H3,(H,16,20)(H,18,19). The molecule has 0 spiro atoms. The van der Waals surface area contributed by atoms with Gasteiger partial charge in [-0.15, -0.1) is 11.3 Å². The molecule has 2 N–H and O–H groups in total. The number of urea groups is 1. The molecule has 8 heteroatoms. The number of hydrogen-bond acceptors (Lipinski definition) is 4. The molecule has 0 saturated carbocycles. The van der Waals surface area contributed by atoms with Crippen molar-refractivity contribution in [2.45, 2.75) is 6.54 Å². The Morgan fingerprint density at radius 3 is 2.81 bits per heavy atom. The third kappa shape index (κ3) is 4.17. The maximum absolute atomic E-state index is 12.0. The van der Waals surface area contributed by atoms with E-state index < -0.39 is 5.97 Å². The smallest absolute Gasteiger partial charge is 0.337 e. The molecule has 0 unspecified atom stereocenters. The minimum Gasteiger partial charge on any atom is -0.478 e. The predicted molar refractivity (Wildman–Crippen MR) is 81.0 cm³/mol. The summed E-state index contributed by atoms with van der Waals surface area (Å²) in [5.74, 6) is -1.10. The van der Waals surface area contributed by atoms with E-state index in [2.05, 4.69) is 10.3 Å². The van der Waals surface area contributed by atoms with Crippen molar-refractivity contribution in [1.29, 1.82) is 0 Å². The molecular weight excluding hydrogens is 314 g/mol. The molecule has 0 bridgehead atoms. The molecule has 21 heavy (non-hydrogen) atoms. The van der Waals surface area contributed by atoms with E-state index in [-0.39, 0.29) is 11.6 Å². The normalized spacial score (nSPS) is 10.2. The van der Waals surface area contributed by atoms with Gasteiger partial charge in [-0.2, -0.15) is 0 Å². The van der Waals surface area contributed by atoms with Crippen molar-refractivity contribution in [2.75, 3.05) is 12.4 Å². The molecule has 2 amide bonds. The lowest BCUT2D eigenvalue weighted by Crippen LogP contribution is -2.30. The van der Waals surface area contributed by atoms with E-state index in [0.717, 1.165) is 4.88 Å². The van der Waals surface area contributed by atoms with Crippen molar-refractivity contribution in [1.82, 2.24) is 9.88 Å². The Hall–Kier alpha value is -2.12. The lowest BCUT2D eigenvalue weighted by atomic mass is 10.2. The number of carbonyl (C=O) groups excluding carboxylic acids is 1. The first-order chi connectivity index (χ1) is 9.95. The Bertz CT molecular complexity index is 674. The minimum atomic E-state index is -1.10. The van der Waals surface area contributed by atoms with E-state index in [1.165, 1.54) is 34.7 Å². The number of pyridine rings is 1. The van der Waals surface area contributed by atoms with Crippen LogP contribution in [0.4, 0.5) is 10.5 Å². The fraction of sp³-hybridized carbons (Fsp3) is 0.154. The fourth-order valence-electron chi connectivity index (χ4n) is 1.59. The van der Waals surface area contributed by atoms with E-state index in [1.807, 2.05) is 6.07 Å². The zero-order valence-corrected chi connectivity index (χ0v) is 12.6. The highest BCUT2D eigenvalue weighted by Gasteiger charge is 2.12. The maximum atomic E-state index is 12.0. The average Bonchev–Trinajstić information content (AvgIpc) is 2.84. The average molecular weight is 326 g/mol. The Morgan fingerprint density at radius 2 is 2.19 bits per heavy atom. The second-order valence-corrected chi connectivity index (χ2v) is 6.06. The first-order valence-corrected chi connectivity index (χ1v) is 7.10. The molecular formula is C13H12ClN3O3S. The highest BCUT2D eigenvalue weighted by molar-refractivity contribution is 7.16. The van der Waals surface area contributed by atoms with Gasteiger partial charge in [0.25, 0.3) is 0 Å². The summed E-state index contributed by atoms with van der Waals surface area (Å²) >= 11 is 7.24. The van der Waals surface area contributed by atoms with Crippen LogP contribution in [0, 0.1) is 0 Å². The van der Waals surface area contributed by atoms with Crippen molar-refractivity contribution >= 4 is 40.6 Å². The predicted octanol–water partition coefficient (Wildman–Crippen LogP) is 3.16. The van der Waals surface area contributed by atoms with Gasteiger partial charge in [-0.1, -0.05) is 11.6 Å². The first kappa shape index (κ1) is 15.3. The largest absolute Gasteiger partial charge is 0.478 e. The number of carboxylic acid groups (broad SMARTS) is 1. The molecule has 0 aliphatic heterocycles. The van der Waals surface area contributed by atoms with E-state index in [1.54, 1.807) is 13.1 Å². The second kappa shape index (κ2) is 6.55. The number of carbonyl (C=O) groups is 2. The summed E-state index contributed by atoms with van der Waals surface area (Å²) in [5, 5.41) is 11.5. The number of amides is 2. The van der Waals surface area contributed by atoms with Gasteiger partial charge in [-0.25, -0.2) is 9.59 Å². The van der Waals surface area contributed by atoms with Crippen molar-refractivity contribution in [3.05, 3.63) is 45.4 Å². The number of aromatic carboxylic acids is 1. The molecule has 6 nitrogen and oxygen atoms in total. The lowest BCUT2D eigenvalue weighted by Gasteiger charge is -2.17. The Morgan fingerprint density at radius 1 is 1.43 bits per heavy atom. The van der Waals surface area contributed by atoms with Gasteiger partial charge in [0, 0.05) is 18.1 Å². The van der Waals surface area contributed by atoms with Gasteiger partial charge in [0.1, 0.15) is 0 Å². The van der Waals surface area contributed by atoms with E-state index in [4.69, 9.17) is 16.7 Å². The van der Waals surface area contributed by atoms with Crippen molar-refractivity contribution in [3.8, 4) is 0 Å². The lowest BCUT2D eigenvalue weighted by molar-refractivity contribution is 0.0696. The molecule has 0 atom stereocenters. The van der Waals surface area contributed by atoms with Crippen LogP contribution < -0.4 is 5.32 Å². The van der Waals surface area contributed by atoms with E-state index in [9.17, 15) is 9.59 Å². The molecule has 2 rings (SSSR count). The number of thiophene rings is 1. The summed E-state index contributed by atoms with van der Waals surface area (Å²) in [4.78, 5) is 29.1. The fourth-order valence-corrected chi connectivity index (χ4v) is 2.73.